The summed E-state index contributed by atoms with van der Waals surface area (Å²) in [7, 11) is 0. The highest BCUT2D eigenvalue weighted by Crippen LogP contribution is 2.34. The van der Waals surface area contributed by atoms with Crippen molar-refractivity contribution >= 4 is 11.6 Å². The highest BCUT2D eigenvalue weighted by Gasteiger charge is 2.34. The zero-order valence-electron chi connectivity index (χ0n) is 13.4. The van der Waals surface area contributed by atoms with Crippen molar-refractivity contribution in [1.82, 2.24) is 10.2 Å². The van der Waals surface area contributed by atoms with Gasteiger partial charge in [-0.3, -0.25) is 4.90 Å². The Morgan fingerprint density at radius 2 is 2.25 bits per heavy atom. The number of allylic oxidation sites excluding steroid dienone is 2. The number of halogens is 3. The van der Waals surface area contributed by atoms with E-state index >= 15 is 0 Å². The van der Waals surface area contributed by atoms with E-state index in [1.165, 1.54) is 12.1 Å². The molecule has 24 heavy (non-hydrogen) atoms. The Labute approximate surface area is 138 Å². The van der Waals surface area contributed by atoms with Gasteiger partial charge in [0, 0.05) is 43.5 Å². The van der Waals surface area contributed by atoms with E-state index in [-0.39, 0.29) is 23.8 Å². The smallest absolute Gasteiger partial charge is 0.399 e. The Hall–Kier alpha value is -2.08. The third kappa shape index (κ3) is 4.71. The molecule has 0 aromatic heterocycles. The van der Waals surface area contributed by atoms with Crippen molar-refractivity contribution in [3.63, 3.8) is 0 Å². The molecule has 0 saturated carbocycles. The molecule has 0 spiro atoms. The van der Waals surface area contributed by atoms with Gasteiger partial charge in [-0.15, -0.1) is 0 Å². The standard InChI is InChI=1S/C17H20F3N3O/c1-12(11-24)2-5-15-9-22-6-7-23(15)10-13-3-4-14(21)8-16(13)17(18,19)20/h2-5,8,15,22H,6-7,9-10,21H2,1H3/b5-2+. The average Bonchev–Trinajstić information content (AvgIpc) is 2.54. The molecule has 1 aliphatic rings. The van der Waals surface area contributed by atoms with Crippen molar-refractivity contribution in [1.29, 1.82) is 0 Å². The number of rotatable bonds is 4. The van der Waals surface area contributed by atoms with E-state index in [1.54, 1.807) is 18.9 Å². The summed E-state index contributed by atoms with van der Waals surface area (Å²) in [5.74, 6) is 1.78. The van der Waals surface area contributed by atoms with Crippen LogP contribution >= 0.6 is 0 Å². The van der Waals surface area contributed by atoms with E-state index in [2.05, 4.69) is 5.32 Å². The molecule has 3 N–H and O–H groups in total. The van der Waals surface area contributed by atoms with Gasteiger partial charge in [0.1, 0.15) is 5.94 Å². The molecule has 1 aromatic carbocycles. The van der Waals surface area contributed by atoms with Crippen LogP contribution in [0.25, 0.3) is 0 Å². The quantitative estimate of drug-likeness (QED) is 0.502. The first-order valence-corrected chi connectivity index (χ1v) is 7.61. The lowest BCUT2D eigenvalue weighted by Crippen LogP contribution is -2.49. The topological polar surface area (TPSA) is 58.4 Å². The predicted molar refractivity (Wildman–Crippen MR) is 86.9 cm³/mol. The number of nitrogens with zero attached hydrogens (tertiary/aromatic N) is 1. The Kier molecular flexibility index (Phi) is 5.83. The molecule has 0 bridgehead atoms. The van der Waals surface area contributed by atoms with Crippen molar-refractivity contribution in [2.45, 2.75) is 25.7 Å². The molecule has 4 nitrogen and oxygen atoms in total. The molecule has 0 aliphatic carbocycles. The van der Waals surface area contributed by atoms with Gasteiger partial charge >= 0.3 is 6.18 Å². The number of alkyl halides is 3. The maximum Gasteiger partial charge on any atom is 0.416 e. The minimum Gasteiger partial charge on any atom is -0.399 e. The molecule has 1 aliphatic heterocycles. The third-order valence-corrected chi connectivity index (χ3v) is 3.94. The monoisotopic (exact) mass is 339 g/mol. The van der Waals surface area contributed by atoms with Crippen LogP contribution in [0.4, 0.5) is 18.9 Å². The van der Waals surface area contributed by atoms with Crippen LogP contribution < -0.4 is 11.1 Å². The van der Waals surface area contributed by atoms with Gasteiger partial charge in [-0.05, 0) is 24.6 Å². The Bertz CT molecular complexity index is 664. The number of nitrogen functional groups attached to an aromatic ring is 1. The average molecular weight is 339 g/mol. The minimum absolute atomic E-state index is 0.0922. The van der Waals surface area contributed by atoms with E-state index in [0.29, 0.717) is 25.2 Å². The first-order valence-electron chi connectivity index (χ1n) is 7.61. The highest BCUT2D eigenvalue weighted by molar-refractivity contribution is 5.56. The Morgan fingerprint density at radius 1 is 1.50 bits per heavy atom. The highest BCUT2D eigenvalue weighted by atomic mass is 19.4. The van der Waals surface area contributed by atoms with Gasteiger partial charge in [-0.1, -0.05) is 18.2 Å². The third-order valence-electron chi connectivity index (χ3n) is 3.94. The summed E-state index contributed by atoms with van der Waals surface area (Å²) in [6, 6.07) is 3.79. The lowest BCUT2D eigenvalue weighted by Gasteiger charge is -2.35. The van der Waals surface area contributed by atoms with Crippen molar-refractivity contribution in [2.75, 3.05) is 25.4 Å². The molecule has 1 aromatic rings. The van der Waals surface area contributed by atoms with E-state index in [1.807, 2.05) is 11.0 Å². The van der Waals surface area contributed by atoms with E-state index in [0.717, 1.165) is 6.07 Å². The van der Waals surface area contributed by atoms with Gasteiger partial charge in [0.25, 0.3) is 0 Å². The summed E-state index contributed by atoms with van der Waals surface area (Å²) in [4.78, 5) is 12.5. The molecule has 7 heteroatoms. The molecule has 1 atom stereocenters. The summed E-state index contributed by atoms with van der Waals surface area (Å²) in [5, 5.41) is 3.20. The second-order valence-corrected chi connectivity index (χ2v) is 5.80. The van der Waals surface area contributed by atoms with Gasteiger partial charge in [0.15, 0.2) is 0 Å². The lowest BCUT2D eigenvalue weighted by molar-refractivity contribution is -0.138. The number of hydrogen-bond donors (Lipinski definition) is 2. The SMILES string of the molecule is CC(=C=O)/C=C/C1CNCCN1Cc1ccc(N)cc1C(F)(F)F. The fourth-order valence-electron chi connectivity index (χ4n) is 2.66. The lowest BCUT2D eigenvalue weighted by atomic mass is 10.0. The molecular weight excluding hydrogens is 319 g/mol. The van der Waals surface area contributed by atoms with Crippen molar-refractivity contribution in [2.24, 2.45) is 0 Å². The number of benzene rings is 1. The normalized spacial score (nSPS) is 19.4. The second-order valence-electron chi connectivity index (χ2n) is 5.80. The van der Waals surface area contributed by atoms with Crippen LogP contribution in [0.3, 0.4) is 0 Å². The van der Waals surface area contributed by atoms with Crippen molar-refractivity contribution < 1.29 is 18.0 Å². The molecular formula is C17H20F3N3O. The second kappa shape index (κ2) is 7.66. The first kappa shape index (κ1) is 18.3. The van der Waals surface area contributed by atoms with Crippen LogP contribution in [-0.4, -0.2) is 36.5 Å². The molecule has 1 fully saturated rings. The summed E-state index contributed by atoms with van der Waals surface area (Å²) in [5.41, 5.74) is 5.54. The van der Waals surface area contributed by atoms with Crippen molar-refractivity contribution in [3.05, 3.63) is 47.1 Å². The van der Waals surface area contributed by atoms with Gasteiger partial charge in [0.05, 0.1) is 5.56 Å². The zero-order valence-corrected chi connectivity index (χ0v) is 13.4. The van der Waals surface area contributed by atoms with E-state index in [9.17, 15) is 18.0 Å². The van der Waals surface area contributed by atoms with Crippen LogP contribution in [0.5, 0.6) is 0 Å². The van der Waals surface area contributed by atoms with Gasteiger partial charge in [0.2, 0.25) is 0 Å². The van der Waals surface area contributed by atoms with Crippen LogP contribution in [-0.2, 0) is 17.5 Å². The van der Waals surface area contributed by atoms with Crippen LogP contribution in [0.2, 0.25) is 0 Å². The molecule has 0 radical (unpaired) electrons. The van der Waals surface area contributed by atoms with Crippen molar-refractivity contribution in [3.8, 4) is 0 Å². The molecule has 1 saturated heterocycles. The number of hydrogen-bond acceptors (Lipinski definition) is 4. The molecule has 1 unspecified atom stereocenters. The molecule has 2 rings (SSSR count). The summed E-state index contributed by atoms with van der Waals surface area (Å²) < 4.78 is 39.7. The van der Waals surface area contributed by atoms with Gasteiger partial charge in [-0.25, -0.2) is 4.79 Å². The largest absolute Gasteiger partial charge is 0.416 e. The van der Waals surface area contributed by atoms with Crippen LogP contribution in [0.1, 0.15) is 18.1 Å². The van der Waals surface area contributed by atoms with E-state index in [4.69, 9.17) is 5.73 Å². The molecule has 1 heterocycles. The maximum absolute atomic E-state index is 13.2. The minimum atomic E-state index is -4.44. The van der Waals surface area contributed by atoms with Gasteiger partial charge in [-0.2, -0.15) is 13.2 Å². The number of piperazine rings is 1. The number of nitrogens with one attached hydrogen (secondary N) is 1. The zero-order chi connectivity index (χ0) is 17.7. The number of anilines is 1. The first-order chi connectivity index (χ1) is 11.3. The summed E-state index contributed by atoms with van der Waals surface area (Å²) in [6.45, 7) is 3.71. The number of nitrogens with two attached hydrogens (primary N) is 1. The van der Waals surface area contributed by atoms with Crippen LogP contribution in [0, 0.1) is 0 Å². The van der Waals surface area contributed by atoms with E-state index < -0.39 is 11.7 Å². The maximum atomic E-state index is 13.2. The Morgan fingerprint density at radius 3 is 2.92 bits per heavy atom. The fraction of sp³-hybridized carbons (Fsp3) is 0.412. The number of carbonyl (C=O) groups excluding carboxylic acids is 1. The molecule has 130 valence electrons. The molecule has 0 amide bonds. The fourth-order valence-corrected chi connectivity index (χ4v) is 2.66. The predicted octanol–water partition coefficient (Wildman–Crippen LogP) is 2.40. The summed E-state index contributed by atoms with van der Waals surface area (Å²) in [6.07, 6.45) is -0.983. The Balaban J connectivity index is 2.25. The van der Waals surface area contributed by atoms with Gasteiger partial charge < -0.3 is 11.1 Å². The summed E-state index contributed by atoms with van der Waals surface area (Å²) >= 11 is 0. The van der Waals surface area contributed by atoms with Crippen LogP contribution in [0.15, 0.2) is 35.9 Å².